The number of amides is 2. The Hall–Kier alpha value is -1.84. The third-order valence-electron chi connectivity index (χ3n) is 3.83. The normalized spacial score (nSPS) is 18.9. The van der Waals surface area contributed by atoms with Crippen molar-refractivity contribution in [2.45, 2.75) is 32.2 Å². The number of hydrogen-bond donors (Lipinski definition) is 1. The van der Waals surface area contributed by atoms with Gasteiger partial charge in [0.05, 0.1) is 0 Å². The number of nitrogens with one attached hydrogen (secondary N) is 1. The first-order chi connectivity index (χ1) is 9.16. The van der Waals surface area contributed by atoms with Crippen molar-refractivity contribution in [2.24, 2.45) is 5.92 Å². The molecule has 1 aromatic carbocycles. The van der Waals surface area contributed by atoms with E-state index in [4.69, 9.17) is 0 Å². The lowest BCUT2D eigenvalue weighted by atomic mass is 10.2. The summed E-state index contributed by atoms with van der Waals surface area (Å²) in [6.45, 7) is 2.48. The molecule has 1 N–H and O–H groups in total. The Morgan fingerprint density at radius 2 is 2.05 bits per heavy atom. The topological polar surface area (TPSA) is 49.4 Å². The van der Waals surface area contributed by atoms with Crippen molar-refractivity contribution in [1.82, 2.24) is 5.32 Å². The van der Waals surface area contributed by atoms with E-state index in [-0.39, 0.29) is 17.7 Å². The molecule has 4 heteroatoms. The molecule has 1 atom stereocenters. The summed E-state index contributed by atoms with van der Waals surface area (Å²) in [5.74, 6) is 0.147. The zero-order chi connectivity index (χ0) is 13.4. The van der Waals surface area contributed by atoms with Gasteiger partial charge in [-0.25, -0.2) is 0 Å². The average molecular weight is 258 g/mol. The molecule has 4 nitrogen and oxygen atoms in total. The summed E-state index contributed by atoms with van der Waals surface area (Å²) in [4.78, 5) is 25.9. The third kappa shape index (κ3) is 2.35. The molecule has 19 heavy (non-hydrogen) atoms. The van der Waals surface area contributed by atoms with E-state index >= 15 is 0 Å². The highest BCUT2D eigenvalue weighted by Gasteiger charge is 2.33. The van der Waals surface area contributed by atoms with Gasteiger partial charge in [0.1, 0.15) is 6.04 Å². The molecule has 2 amide bonds. The van der Waals surface area contributed by atoms with Crippen LogP contribution >= 0.6 is 0 Å². The van der Waals surface area contributed by atoms with Gasteiger partial charge in [0, 0.05) is 18.2 Å². The number of rotatable bonds is 3. The van der Waals surface area contributed by atoms with Crippen LogP contribution in [0.1, 0.15) is 25.3 Å². The van der Waals surface area contributed by atoms with Gasteiger partial charge in [0.25, 0.3) is 0 Å². The largest absolute Gasteiger partial charge is 0.344 e. The Morgan fingerprint density at radius 3 is 2.79 bits per heavy atom. The number of anilines is 1. The van der Waals surface area contributed by atoms with E-state index in [2.05, 4.69) is 11.4 Å². The lowest BCUT2D eigenvalue weighted by Crippen LogP contribution is -2.47. The van der Waals surface area contributed by atoms with Crippen LogP contribution in [0.15, 0.2) is 24.3 Å². The Labute approximate surface area is 112 Å². The Bertz CT molecular complexity index is 523. The SMILES string of the molecule is C[C@H](NC(=O)C1CC1)C(=O)N1CCc2ccccc21. The van der Waals surface area contributed by atoms with Crippen LogP contribution in [0, 0.1) is 5.92 Å². The second kappa shape index (κ2) is 4.68. The van der Waals surface area contributed by atoms with Gasteiger partial charge in [0.2, 0.25) is 11.8 Å². The summed E-state index contributed by atoms with van der Waals surface area (Å²) in [5, 5.41) is 2.82. The van der Waals surface area contributed by atoms with Crippen LogP contribution < -0.4 is 10.2 Å². The quantitative estimate of drug-likeness (QED) is 0.893. The van der Waals surface area contributed by atoms with Gasteiger partial charge in [-0.1, -0.05) is 18.2 Å². The van der Waals surface area contributed by atoms with E-state index in [1.54, 1.807) is 11.8 Å². The minimum Gasteiger partial charge on any atom is -0.344 e. The number of nitrogens with zero attached hydrogens (tertiary/aromatic N) is 1. The molecule has 3 rings (SSSR count). The summed E-state index contributed by atoms with van der Waals surface area (Å²) in [6.07, 6.45) is 2.81. The Kier molecular flexibility index (Phi) is 3.01. The molecule has 1 saturated carbocycles. The van der Waals surface area contributed by atoms with Gasteiger partial charge < -0.3 is 10.2 Å². The van der Waals surface area contributed by atoms with Gasteiger partial charge in [-0.2, -0.15) is 0 Å². The number of para-hydroxylation sites is 1. The monoisotopic (exact) mass is 258 g/mol. The van der Waals surface area contributed by atoms with Crippen molar-refractivity contribution in [1.29, 1.82) is 0 Å². The summed E-state index contributed by atoms with van der Waals surface area (Å²) < 4.78 is 0. The lowest BCUT2D eigenvalue weighted by molar-refractivity contribution is -0.127. The molecule has 0 bridgehead atoms. The predicted octanol–water partition coefficient (Wildman–Crippen LogP) is 1.49. The van der Waals surface area contributed by atoms with Gasteiger partial charge in [-0.15, -0.1) is 0 Å². The molecule has 2 aliphatic rings. The maximum absolute atomic E-state index is 12.4. The summed E-state index contributed by atoms with van der Waals surface area (Å²) in [5.41, 5.74) is 2.19. The van der Waals surface area contributed by atoms with Crippen LogP contribution in [0.5, 0.6) is 0 Å². The molecule has 100 valence electrons. The molecular formula is C15H18N2O2. The highest BCUT2D eigenvalue weighted by molar-refractivity contribution is 6.00. The first-order valence-corrected chi connectivity index (χ1v) is 6.86. The van der Waals surface area contributed by atoms with Crippen LogP contribution in [0.25, 0.3) is 0 Å². The summed E-state index contributed by atoms with van der Waals surface area (Å²) >= 11 is 0. The lowest BCUT2D eigenvalue weighted by Gasteiger charge is -2.22. The van der Waals surface area contributed by atoms with Crippen molar-refractivity contribution in [3.63, 3.8) is 0 Å². The fourth-order valence-corrected chi connectivity index (χ4v) is 2.54. The van der Waals surface area contributed by atoms with Crippen molar-refractivity contribution < 1.29 is 9.59 Å². The number of carbonyl (C=O) groups excluding carboxylic acids is 2. The number of carbonyl (C=O) groups is 2. The molecule has 0 spiro atoms. The van der Waals surface area contributed by atoms with E-state index in [9.17, 15) is 9.59 Å². The van der Waals surface area contributed by atoms with Gasteiger partial charge >= 0.3 is 0 Å². The third-order valence-corrected chi connectivity index (χ3v) is 3.83. The molecule has 0 unspecified atom stereocenters. The molecule has 1 heterocycles. The fraction of sp³-hybridized carbons (Fsp3) is 0.467. The zero-order valence-electron chi connectivity index (χ0n) is 11.1. The molecule has 0 aromatic heterocycles. The van der Waals surface area contributed by atoms with Crippen LogP contribution in [0.4, 0.5) is 5.69 Å². The predicted molar refractivity (Wildman–Crippen MR) is 72.8 cm³/mol. The van der Waals surface area contributed by atoms with Crippen LogP contribution in [-0.2, 0) is 16.0 Å². The van der Waals surface area contributed by atoms with Crippen molar-refractivity contribution in [3.05, 3.63) is 29.8 Å². The maximum Gasteiger partial charge on any atom is 0.249 e. The van der Waals surface area contributed by atoms with Crippen LogP contribution in [0.2, 0.25) is 0 Å². The van der Waals surface area contributed by atoms with Gasteiger partial charge in [-0.3, -0.25) is 9.59 Å². The highest BCUT2D eigenvalue weighted by Crippen LogP contribution is 2.30. The number of hydrogen-bond acceptors (Lipinski definition) is 2. The minimum atomic E-state index is -0.445. The van der Waals surface area contributed by atoms with Crippen molar-refractivity contribution >= 4 is 17.5 Å². The van der Waals surface area contributed by atoms with E-state index in [1.807, 2.05) is 18.2 Å². The van der Waals surface area contributed by atoms with Crippen molar-refractivity contribution in [3.8, 4) is 0 Å². The van der Waals surface area contributed by atoms with E-state index in [1.165, 1.54) is 5.56 Å². The van der Waals surface area contributed by atoms with E-state index in [0.717, 1.165) is 24.9 Å². The van der Waals surface area contributed by atoms with Crippen LogP contribution in [0.3, 0.4) is 0 Å². The summed E-state index contributed by atoms with van der Waals surface area (Å²) in [6, 6.07) is 7.51. The smallest absolute Gasteiger partial charge is 0.249 e. The fourth-order valence-electron chi connectivity index (χ4n) is 2.54. The second-order valence-electron chi connectivity index (χ2n) is 5.37. The Morgan fingerprint density at radius 1 is 1.32 bits per heavy atom. The minimum absolute atomic E-state index is 0.0149. The first kappa shape index (κ1) is 12.2. The number of fused-ring (bicyclic) bond motifs is 1. The molecule has 1 aliphatic heterocycles. The molecule has 0 radical (unpaired) electrons. The first-order valence-electron chi connectivity index (χ1n) is 6.86. The maximum atomic E-state index is 12.4. The molecule has 1 aromatic rings. The van der Waals surface area contributed by atoms with Crippen molar-refractivity contribution in [2.75, 3.05) is 11.4 Å². The van der Waals surface area contributed by atoms with Crippen LogP contribution in [-0.4, -0.2) is 24.4 Å². The summed E-state index contributed by atoms with van der Waals surface area (Å²) in [7, 11) is 0. The molecule has 0 saturated heterocycles. The number of benzene rings is 1. The Balaban J connectivity index is 1.69. The van der Waals surface area contributed by atoms with E-state index < -0.39 is 6.04 Å². The second-order valence-corrected chi connectivity index (χ2v) is 5.37. The zero-order valence-corrected chi connectivity index (χ0v) is 11.1. The standard InChI is InChI=1S/C15H18N2O2/c1-10(16-14(18)12-6-7-12)15(19)17-9-8-11-4-2-3-5-13(11)17/h2-5,10,12H,6-9H2,1H3,(H,16,18)/t10-/m0/s1. The molecular weight excluding hydrogens is 240 g/mol. The van der Waals surface area contributed by atoms with Gasteiger partial charge in [0.15, 0.2) is 0 Å². The molecule has 1 fully saturated rings. The molecule has 1 aliphatic carbocycles. The van der Waals surface area contributed by atoms with Gasteiger partial charge in [-0.05, 0) is 37.8 Å². The van der Waals surface area contributed by atoms with E-state index in [0.29, 0.717) is 6.54 Å². The average Bonchev–Trinajstić information content (AvgIpc) is 3.18. The highest BCUT2D eigenvalue weighted by atomic mass is 16.2.